The Morgan fingerprint density at radius 1 is 1.35 bits per heavy atom. The maximum Gasteiger partial charge on any atom is 0.573 e. The van der Waals surface area contributed by atoms with Gasteiger partial charge in [-0.15, -0.1) is 18.3 Å². The molecule has 0 saturated heterocycles. The van der Waals surface area contributed by atoms with Crippen molar-refractivity contribution in [3.8, 4) is 5.75 Å². The van der Waals surface area contributed by atoms with Crippen molar-refractivity contribution < 1.29 is 31.6 Å². The normalized spacial score (nSPS) is 16.9. The van der Waals surface area contributed by atoms with E-state index in [0.29, 0.717) is 0 Å². The lowest BCUT2D eigenvalue weighted by Gasteiger charge is -2.17. The molecule has 0 bridgehead atoms. The van der Waals surface area contributed by atoms with Crippen molar-refractivity contribution in [2.24, 2.45) is 15.9 Å². The number of nitrogens with two attached hydrogens (primary N) is 2. The zero-order valence-electron chi connectivity index (χ0n) is 13.6. The number of guanidine groups is 1. The number of rotatable bonds is 4. The van der Waals surface area contributed by atoms with Crippen LogP contribution in [0.15, 0.2) is 45.1 Å². The van der Waals surface area contributed by atoms with Gasteiger partial charge in [-0.1, -0.05) is 5.10 Å². The van der Waals surface area contributed by atoms with Crippen LogP contribution in [-0.2, 0) is 9.84 Å². The Morgan fingerprint density at radius 2 is 2.00 bits per heavy atom. The lowest BCUT2D eigenvalue weighted by Crippen LogP contribution is -2.90. The smallest absolute Gasteiger partial charge is 0.405 e. The molecule has 0 atom stereocenters. The van der Waals surface area contributed by atoms with Crippen LogP contribution >= 0.6 is 0 Å². The molecule has 1 aromatic rings. The fourth-order valence-corrected chi connectivity index (χ4v) is 2.75. The van der Waals surface area contributed by atoms with Gasteiger partial charge in [0.15, 0.2) is 21.2 Å². The summed E-state index contributed by atoms with van der Waals surface area (Å²) in [7, 11) is -3.76. The summed E-state index contributed by atoms with van der Waals surface area (Å²) in [6.07, 6.45) is -2.85. The van der Waals surface area contributed by atoms with E-state index in [9.17, 15) is 21.6 Å². The van der Waals surface area contributed by atoms with Gasteiger partial charge in [-0.05, 0) is 25.1 Å². The lowest BCUT2D eigenvalue weighted by molar-refractivity contribution is -0.477. The second-order valence-electron chi connectivity index (χ2n) is 5.38. The predicted octanol–water partition coefficient (Wildman–Crippen LogP) is 0.508. The molecule has 0 fully saturated rings. The molecule has 5 N–H and O–H groups in total. The number of nitrogens with one attached hydrogen (secondary N) is 1. The van der Waals surface area contributed by atoms with Gasteiger partial charge < -0.3 is 15.9 Å². The average Bonchev–Trinajstić information content (AvgIpc) is 2.44. The van der Waals surface area contributed by atoms with Crippen LogP contribution in [0.2, 0.25) is 0 Å². The monoisotopic (exact) mass is 390 g/mol. The molecule has 0 radical (unpaired) electrons. The van der Waals surface area contributed by atoms with Crippen LogP contribution in [0, 0.1) is 5.41 Å². The third-order valence-corrected chi connectivity index (χ3v) is 4.19. The van der Waals surface area contributed by atoms with Gasteiger partial charge >= 0.3 is 12.3 Å². The first kappa shape index (κ1) is 19.6. The highest BCUT2D eigenvalue weighted by Crippen LogP contribution is 2.30. The fraction of sp³-hybridized carbons (Fsp3) is 0.214. The molecular weight excluding hydrogens is 375 g/mol. The van der Waals surface area contributed by atoms with E-state index in [1.807, 2.05) is 0 Å². The number of hydrogen-bond donors (Lipinski definition) is 3. The van der Waals surface area contributed by atoms with E-state index in [0.717, 1.165) is 24.5 Å². The topological polar surface area (TPSA) is 135 Å². The molecule has 1 aromatic carbocycles. The Hall–Kier alpha value is -2.73. The van der Waals surface area contributed by atoms with Crippen molar-refractivity contribution in [3.63, 3.8) is 0 Å². The third kappa shape index (κ3) is 4.89. The highest BCUT2D eigenvalue weighted by atomic mass is 32.2. The Balaban J connectivity index is 2.68. The summed E-state index contributed by atoms with van der Waals surface area (Å²) in [4.78, 5) is -0.349. The van der Waals surface area contributed by atoms with Crippen LogP contribution in [-0.4, -0.2) is 38.4 Å². The van der Waals surface area contributed by atoms with Gasteiger partial charge in [-0.3, -0.25) is 0 Å². The third-order valence-electron chi connectivity index (χ3n) is 3.08. The molecular formula is C14H15F3N5O3S+. The molecule has 26 heavy (non-hydrogen) atoms. The Kier molecular flexibility index (Phi) is 5.18. The minimum atomic E-state index is -5.05. The minimum absolute atomic E-state index is 0.00676. The van der Waals surface area contributed by atoms with E-state index in [4.69, 9.17) is 11.1 Å². The van der Waals surface area contributed by atoms with E-state index in [1.54, 1.807) is 0 Å². The molecule has 140 valence electrons. The van der Waals surface area contributed by atoms with Gasteiger partial charge in [0.2, 0.25) is 0 Å². The number of benzene rings is 1. The fourth-order valence-electron chi connectivity index (χ4n) is 2.11. The summed E-state index contributed by atoms with van der Waals surface area (Å²) in [5, 5.41) is 16.3. The van der Waals surface area contributed by atoms with Crippen LogP contribution in [0.1, 0.15) is 12.5 Å². The maximum absolute atomic E-state index is 12.8. The summed E-state index contributed by atoms with van der Waals surface area (Å²) in [6, 6.07) is 3.03. The standard InChI is InChI=1S/C14H14F3N5O3S/c1-7(18)5-10-12(21-22-13(19)20-10)9-4-3-8(26(2,23)24)6-11(9)25-14(15,16)17/h3-6,18H,1-2H3,(H3,19,20,22)/p+1/b10-5-,18-7?. The average molecular weight is 390 g/mol. The van der Waals surface area contributed by atoms with E-state index >= 15 is 0 Å². The van der Waals surface area contributed by atoms with E-state index in [2.05, 4.69) is 14.9 Å². The Morgan fingerprint density at radius 3 is 2.54 bits per heavy atom. The van der Waals surface area contributed by atoms with Crippen molar-refractivity contribution in [3.05, 3.63) is 35.5 Å². The first-order valence-electron chi connectivity index (χ1n) is 7.00. The zero-order chi connectivity index (χ0) is 19.7. The summed E-state index contributed by atoms with van der Waals surface area (Å²) in [5.41, 5.74) is 5.71. The van der Waals surface area contributed by atoms with Crippen molar-refractivity contribution in [2.75, 3.05) is 6.26 Å². The number of nitrogens with zero attached hydrogens (tertiary/aromatic N) is 2. The molecule has 2 rings (SSSR count). The van der Waals surface area contributed by atoms with Gasteiger partial charge in [0.25, 0.3) is 0 Å². The summed E-state index contributed by atoms with van der Waals surface area (Å²) in [6.45, 7) is 1.46. The maximum atomic E-state index is 12.8. The second kappa shape index (κ2) is 6.88. The number of hydrogen-bond acceptors (Lipinski definition) is 7. The van der Waals surface area contributed by atoms with Crippen LogP contribution < -0.4 is 15.8 Å². The number of alkyl halides is 3. The molecule has 0 spiro atoms. The Bertz CT molecular complexity index is 949. The number of sulfone groups is 1. The molecule has 12 heteroatoms. The quantitative estimate of drug-likeness (QED) is 0.646. The summed E-state index contributed by atoms with van der Waals surface area (Å²) >= 11 is 0. The van der Waals surface area contributed by atoms with Crippen molar-refractivity contribution in [1.82, 2.24) is 0 Å². The van der Waals surface area contributed by atoms with Crippen molar-refractivity contribution in [2.45, 2.75) is 18.2 Å². The van der Waals surface area contributed by atoms with Gasteiger partial charge in [0.1, 0.15) is 5.75 Å². The predicted molar refractivity (Wildman–Crippen MR) is 87.8 cm³/mol. The molecule has 8 nitrogen and oxygen atoms in total. The number of halogens is 3. The summed E-state index contributed by atoms with van der Waals surface area (Å²) in [5.74, 6) is -0.746. The second-order valence-corrected chi connectivity index (χ2v) is 7.39. The van der Waals surface area contributed by atoms with Crippen LogP contribution in [0.5, 0.6) is 5.75 Å². The van der Waals surface area contributed by atoms with Crippen molar-refractivity contribution in [1.29, 1.82) is 5.41 Å². The molecule has 0 unspecified atom stereocenters. The SMILES string of the molecule is CC(=N)/C=C1\[NH2+]C(N)=NN=C1c1ccc(S(C)(=O)=O)cc1OC(F)(F)F. The number of ether oxygens (including phenoxy) is 1. The molecule has 0 aliphatic carbocycles. The van der Waals surface area contributed by atoms with E-state index < -0.39 is 21.9 Å². The molecule has 1 aliphatic rings. The first-order chi connectivity index (χ1) is 11.9. The van der Waals surface area contributed by atoms with Gasteiger partial charge in [-0.2, -0.15) is 0 Å². The number of allylic oxidation sites excluding steroid dienone is 2. The molecule has 0 aromatic heterocycles. The van der Waals surface area contributed by atoms with Crippen LogP contribution in [0.3, 0.4) is 0 Å². The molecule has 0 amide bonds. The Labute approximate surface area is 146 Å². The summed E-state index contributed by atoms with van der Waals surface area (Å²) < 4.78 is 65.6. The van der Waals surface area contributed by atoms with Gasteiger partial charge in [0.05, 0.1) is 10.5 Å². The largest absolute Gasteiger partial charge is 0.573 e. The highest BCUT2D eigenvalue weighted by Gasteiger charge is 2.34. The number of quaternary nitrogens is 1. The van der Waals surface area contributed by atoms with E-state index in [1.165, 1.54) is 18.3 Å². The van der Waals surface area contributed by atoms with Crippen LogP contribution in [0.25, 0.3) is 0 Å². The minimum Gasteiger partial charge on any atom is -0.405 e. The van der Waals surface area contributed by atoms with Gasteiger partial charge in [0, 0.05) is 18.0 Å². The first-order valence-corrected chi connectivity index (χ1v) is 8.89. The van der Waals surface area contributed by atoms with Crippen LogP contribution in [0.4, 0.5) is 13.2 Å². The lowest BCUT2D eigenvalue weighted by atomic mass is 10.0. The molecule has 1 heterocycles. The highest BCUT2D eigenvalue weighted by molar-refractivity contribution is 7.90. The molecule has 0 saturated carbocycles. The van der Waals surface area contributed by atoms with E-state index in [-0.39, 0.29) is 33.5 Å². The van der Waals surface area contributed by atoms with Gasteiger partial charge in [-0.25, -0.2) is 13.7 Å². The zero-order valence-corrected chi connectivity index (χ0v) is 14.4. The molecule has 1 aliphatic heterocycles. The van der Waals surface area contributed by atoms with Crippen molar-refractivity contribution >= 4 is 27.2 Å².